The number of amides is 1. The first-order valence-corrected chi connectivity index (χ1v) is 7.60. The summed E-state index contributed by atoms with van der Waals surface area (Å²) < 4.78 is 14.2. The van der Waals surface area contributed by atoms with Gasteiger partial charge in [-0.15, -0.1) is 11.3 Å². The number of thioether (sulfide) groups is 1. The van der Waals surface area contributed by atoms with Gasteiger partial charge in [0, 0.05) is 11.3 Å². The molecule has 0 saturated heterocycles. The molecule has 2 rings (SSSR count). The van der Waals surface area contributed by atoms with Crippen LogP contribution in [-0.4, -0.2) is 22.0 Å². The van der Waals surface area contributed by atoms with E-state index in [1.54, 1.807) is 6.92 Å². The number of hydrogen-bond donors (Lipinski definition) is 2. The Kier molecular flexibility index (Phi) is 4.59. The average molecular weight is 326 g/mol. The number of carbonyl (C=O) groups is 2. The lowest BCUT2D eigenvalue weighted by molar-refractivity contribution is 0.0701. The highest BCUT2D eigenvalue weighted by molar-refractivity contribution is 8.00. The lowest BCUT2D eigenvalue weighted by Crippen LogP contribution is -2.11. The second kappa shape index (κ2) is 6.23. The smallest absolute Gasteiger partial charge is 0.347 e. The third-order valence-corrected chi connectivity index (χ3v) is 4.99. The molecule has 1 amide bonds. The van der Waals surface area contributed by atoms with Crippen LogP contribution in [0.1, 0.15) is 31.3 Å². The largest absolute Gasteiger partial charge is 0.477 e. The van der Waals surface area contributed by atoms with Crippen molar-refractivity contribution >= 4 is 35.0 Å². The number of aromatic nitrogens is 1. The van der Waals surface area contributed by atoms with E-state index in [2.05, 4.69) is 4.98 Å². The van der Waals surface area contributed by atoms with Crippen molar-refractivity contribution < 1.29 is 19.1 Å². The molecular formula is C13H11FN2O3S2. The molecule has 0 bridgehead atoms. The van der Waals surface area contributed by atoms with Crippen molar-refractivity contribution in [2.45, 2.75) is 17.0 Å². The highest BCUT2D eigenvalue weighted by Gasteiger charge is 2.15. The molecule has 0 saturated carbocycles. The Hall–Kier alpha value is -1.93. The molecule has 8 heteroatoms. The van der Waals surface area contributed by atoms with Crippen LogP contribution >= 0.6 is 23.1 Å². The average Bonchev–Trinajstić information content (AvgIpc) is 2.79. The van der Waals surface area contributed by atoms with Crippen LogP contribution < -0.4 is 5.73 Å². The van der Waals surface area contributed by atoms with Crippen LogP contribution in [0.15, 0.2) is 22.5 Å². The van der Waals surface area contributed by atoms with E-state index in [1.807, 2.05) is 0 Å². The molecule has 0 unspecified atom stereocenters. The molecule has 0 atom stereocenters. The number of nitrogens with two attached hydrogens (primary N) is 1. The van der Waals surface area contributed by atoms with Gasteiger partial charge >= 0.3 is 5.97 Å². The Balaban J connectivity index is 2.16. The van der Waals surface area contributed by atoms with Gasteiger partial charge in [0.15, 0.2) is 4.34 Å². The maximum Gasteiger partial charge on any atom is 0.347 e. The number of aromatic carboxylic acids is 1. The molecule has 0 aliphatic carbocycles. The first kappa shape index (κ1) is 15.5. The first-order valence-electron chi connectivity index (χ1n) is 5.80. The normalized spacial score (nSPS) is 10.6. The molecule has 0 fully saturated rings. The summed E-state index contributed by atoms with van der Waals surface area (Å²) in [5, 5.41) is 8.96. The molecule has 0 radical (unpaired) electrons. The minimum Gasteiger partial charge on any atom is -0.477 e. The topological polar surface area (TPSA) is 93.3 Å². The Morgan fingerprint density at radius 1 is 1.48 bits per heavy atom. The number of benzene rings is 1. The number of hydrogen-bond acceptors (Lipinski definition) is 5. The van der Waals surface area contributed by atoms with Crippen molar-refractivity contribution in [2.75, 3.05) is 0 Å². The Morgan fingerprint density at radius 2 is 2.19 bits per heavy atom. The summed E-state index contributed by atoms with van der Waals surface area (Å²) in [5.74, 6) is -1.86. The van der Waals surface area contributed by atoms with Crippen molar-refractivity contribution in [3.63, 3.8) is 0 Å². The zero-order valence-electron chi connectivity index (χ0n) is 10.9. The van der Waals surface area contributed by atoms with E-state index in [9.17, 15) is 14.0 Å². The number of rotatable bonds is 5. The van der Waals surface area contributed by atoms with Gasteiger partial charge in [-0.1, -0.05) is 11.8 Å². The Bertz CT molecular complexity index is 715. The van der Waals surface area contributed by atoms with Crippen LogP contribution in [0.4, 0.5) is 4.39 Å². The standard InChI is InChI=1S/C13H11FN2O3S2/c1-6-10(12(18)19)21-13(16-6)20-5-8-4-7(11(15)17)2-3-9(8)14/h2-4H,5H2,1H3,(H2,15,17)(H,18,19). The van der Waals surface area contributed by atoms with E-state index < -0.39 is 17.7 Å². The van der Waals surface area contributed by atoms with Gasteiger partial charge in [-0.3, -0.25) is 4.79 Å². The second-order valence-corrected chi connectivity index (χ2v) is 6.38. The molecular weight excluding hydrogens is 315 g/mol. The number of carboxylic acid groups (broad SMARTS) is 1. The summed E-state index contributed by atoms with van der Waals surface area (Å²) in [4.78, 5) is 26.3. The lowest BCUT2D eigenvalue weighted by atomic mass is 10.1. The molecule has 1 aromatic carbocycles. The second-order valence-electron chi connectivity index (χ2n) is 4.16. The molecule has 110 valence electrons. The highest BCUT2D eigenvalue weighted by Crippen LogP contribution is 2.30. The van der Waals surface area contributed by atoms with Gasteiger partial charge in [-0.25, -0.2) is 14.2 Å². The highest BCUT2D eigenvalue weighted by atomic mass is 32.2. The predicted molar refractivity (Wildman–Crippen MR) is 78.3 cm³/mol. The van der Waals surface area contributed by atoms with Crippen LogP contribution in [0.5, 0.6) is 0 Å². The van der Waals surface area contributed by atoms with Crippen molar-refractivity contribution in [2.24, 2.45) is 5.73 Å². The third kappa shape index (κ3) is 3.59. The molecule has 1 heterocycles. The number of aryl methyl sites for hydroxylation is 1. The Morgan fingerprint density at radius 3 is 2.76 bits per heavy atom. The summed E-state index contributed by atoms with van der Waals surface area (Å²) in [7, 11) is 0. The molecule has 0 spiro atoms. The molecule has 0 aliphatic heterocycles. The summed E-state index contributed by atoms with van der Waals surface area (Å²) in [6, 6.07) is 3.90. The van der Waals surface area contributed by atoms with Gasteiger partial charge in [0.05, 0.1) is 5.69 Å². The summed E-state index contributed by atoms with van der Waals surface area (Å²) in [5.41, 5.74) is 6.14. The SMILES string of the molecule is Cc1nc(SCc2cc(C(N)=O)ccc2F)sc1C(=O)O. The van der Waals surface area contributed by atoms with Crippen LogP contribution in [0, 0.1) is 12.7 Å². The minimum absolute atomic E-state index is 0.170. The zero-order chi connectivity index (χ0) is 15.6. The number of primary amides is 1. The number of nitrogens with zero attached hydrogens (tertiary/aromatic N) is 1. The monoisotopic (exact) mass is 326 g/mol. The Labute approximate surface area is 128 Å². The summed E-state index contributed by atoms with van der Waals surface area (Å²) >= 11 is 2.25. The molecule has 0 aliphatic rings. The van der Waals surface area contributed by atoms with Gasteiger partial charge in [-0.05, 0) is 30.7 Å². The van der Waals surface area contributed by atoms with Gasteiger partial charge in [0.2, 0.25) is 5.91 Å². The predicted octanol–water partition coefficient (Wildman–Crippen LogP) is 2.68. The van der Waals surface area contributed by atoms with Gasteiger partial charge < -0.3 is 10.8 Å². The maximum absolute atomic E-state index is 13.7. The van der Waals surface area contributed by atoms with Crippen LogP contribution in [0.25, 0.3) is 0 Å². The van der Waals surface area contributed by atoms with Crippen LogP contribution in [0.3, 0.4) is 0 Å². The maximum atomic E-state index is 13.7. The van der Waals surface area contributed by atoms with E-state index in [0.717, 1.165) is 11.3 Å². The number of carboxylic acids is 1. The van der Waals surface area contributed by atoms with E-state index in [1.165, 1.54) is 30.0 Å². The fraction of sp³-hybridized carbons (Fsp3) is 0.154. The third-order valence-electron chi connectivity index (χ3n) is 2.65. The van der Waals surface area contributed by atoms with Crippen molar-refractivity contribution in [3.05, 3.63) is 45.7 Å². The van der Waals surface area contributed by atoms with Crippen molar-refractivity contribution in [3.8, 4) is 0 Å². The van der Waals surface area contributed by atoms with Gasteiger partial charge in [-0.2, -0.15) is 0 Å². The number of carbonyl (C=O) groups excluding carboxylic acids is 1. The van der Waals surface area contributed by atoms with Gasteiger partial charge in [0.1, 0.15) is 10.7 Å². The number of thiazole rings is 1. The quantitative estimate of drug-likeness (QED) is 0.824. The van der Waals surface area contributed by atoms with E-state index in [0.29, 0.717) is 15.6 Å². The van der Waals surface area contributed by atoms with Crippen LogP contribution in [-0.2, 0) is 5.75 Å². The fourth-order valence-electron chi connectivity index (χ4n) is 1.61. The zero-order valence-corrected chi connectivity index (χ0v) is 12.6. The summed E-state index contributed by atoms with van der Waals surface area (Å²) in [6.45, 7) is 1.61. The summed E-state index contributed by atoms with van der Waals surface area (Å²) in [6.07, 6.45) is 0. The van der Waals surface area contributed by atoms with Crippen LogP contribution in [0.2, 0.25) is 0 Å². The minimum atomic E-state index is -1.03. The van der Waals surface area contributed by atoms with E-state index in [4.69, 9.17) is 10.8 Å². The van der Waals surface area contributed by atoms with Gasteiger partial charge in [0.25, 0.3) is 0 Å². The molecule has 5 nitrogen and oxygen atoms in total. The van der Waals surface area contributed by atoms with E-state index >= 15 is 0 Å². The van der Waals surface area contributed by atoms with Crippen molar-refractivity contribution in [1.29, 1.82) is 0 Å². The van der Waals surface area contributed by atoms with E-state index in [-0.39, 0.29) is 16.2 Å². The molecule has 3 N–H and O–H groups in total. The van der Waals surface area contributed by atoms with Crippen molar-refractivity contribution in [1.82, 2.24) is 4.98 Å². The molecule has 2 aromatic rings. The molecule has 21 heavy (non-hydrogen) atoms. The lowest BCUT2D eigenvalue weighted by Gasteiger charge is -2.03. The molecule has 1 aromatic heterocycles. The number of halogens is 1. The first-order chi connectivity index (χ1) is 9.88. The fourth-order valence-corrected chi connectivity index (χ4v) is 3.61.